The van der Waals surface area contributed by atoms with Crippen molar-refractivity contribution in [2.24, 2.45) is 0 Å². The lowest BCUT2D eigenvalue weighted by molar-refractivity contribution is 0.164. The van der Waals surface area contributed by atoms with Crippen molar-refractivity contribution in [2.45, 2.75) is 30.2 Å². The van der Waals surface area contributed by atoms with Crippen LogP contribution in [0.2, 0.25) is 0 Å². The molecule has 1 atom stereocenters. The summed E-state index contributed by atoms with van der Waals surface area (Å²) < 4.78 is 46.2. The van der Waals surface area contributed by atoms with Gasteiger partial charge in [-0.3, -0.25) is 4.90 Å². The summed E-state index contributed by atoms with van der Waals surface area (Å²) in [7, 11) is -2.08. The highest BCUT2D eigenvalue weighted by Gasteiger charge is 2.25. The molecule has 1 heterocycles. The monoisotopic (exact) mass is 392 g/mol. The topological polar surface area (TPSA) is 58.6 Å². The second kappa shape index (κ2) is 8.82. The zero-order valence-electron chi connectivity index (χ0n) is 15.4. The molecule has 146 valence electrons. The van der Waals surface area contributed by atoms with E-state index < -0.39 is 15.8 Å². The van der Waals surface area contributed by atoms with Gasteiger partial charge in [-0.15, -0.1) is 0 Å². The van der Waals surface area contributed by atoms with Gasteiger partial charge in [0.1, 0.15) is 11.6 Å². The van der Waals surface area contributed by atoms with Crippen molar-refractivity contribution in [1.29, 1.82) is 0 Å². The third kappa shape index (κ3) is 5.06. The first-order chi connectivity index (χ1) is 13.0. The molecule has 0 aliphatic carbocycles. The van der Waals surface area contributed by atoms with Crippen LogP contribution < -0.4 is 9.46 Å². The maximum Gasteiger partial charge on any atom is 0.240 e. The van der Waals surface area contributed by atoms with Gasteiger partial charge in [0.05, 0.1) is 12.0 Å². The lowest BCUT2D eigenvalue weighted by Gasteiger charge is -2.35. The van der Waals surface area contributed by atoms with Crippen LogP contribution in [0, 0.1) is 5.82 Å². The van der Waals surface area contributed by atoms with E-state index in [1.54, 1.807) is 7.11 Å². The Kier molecular flexibility index (Phi) is 6.46. The number of nitrogens with zero attached hydrogens (tertiary/aromatic N) is 1. The number of piperidine rings is 1. The molecular formula is C20H25FN2O3S. The Morgan fingerprint density at radius 2 is 1.67 bits per heavy atom. The minimum atomic E-state index is -3.70. The van der Waals surface area contributed by atoms with Crippen LogP contribution in [0.15, 0.2) is 53.4 Å². The first-order valence-electron chi connectivity index (χ1n) is 9.13. The summed E-state index contributed by atoms with van der Waals surface area (Å²) in [6.07, 6.45) is 3.42. The summed E-state index contributed by atoms with van der Waals surface area (Å²) in [5, 5.41) is 0. The summed E-state index contributed by atoms with van der Waals surface area (Å²) >= 11 is 0. The molecule has 0 radical (unpaired) electrons. The Morgan fingerprint density at radius 1 is 1.04 bits per heavy atom. The largest absolute Gasteiger partial charge is 0.497 e. The number of sulfonamides is 1. The molecule has 5 nitrogen and oxygen atoms in total. The van der Waals surface area contributed by atoms with E-state index in [0.29, 0.717) is 0 Å². The fourth-order valence-electron chi connectivity index (χ4n) is 3.40. The maximum atomic E-state index is 13.1. The third-order valence-corrected chi connectivity index (χ3v) is 6.36. The number of likely N-dealkylation sites (tertiary alicyclic amines) is 1. The fraction of sp³-hybridized carbons (Fsp3) is 0.400. The number of methoxy groups -OCH3 is 1. The van der Waals surface area contributed by atoms with Crippen molar-refractivity contribution < 1.29 is 17.5 Å². The van der Waals surface area contributed by atoms with Gasteiger partial charge >= 0.3 is 0 Å². The number of halogens is 1. The number of hydrogen-bond donors (Lipinski definition) is 1. The standard InChI is InChI=1S/C20H25FN2O3S/c1-26-18-9-5-16(6-10-18)20(23-13-3-2-4-14-23)15-22-27(24,25)19-11-7-17(21)8-12-19/h5-12,20,22H,2-4,13-15H2,1H3. The molecule has 1 saturated heterocycles. The maximum absolute atomic E-state index is 13.1. The van der Waals surface area contributed by atoms with Crippen LogP contribution in [0.1, 0.15) is 30.9 Å². The summed E-state index contributed by atoms with van der Waals surface area (Å²) in [5.74, 6) is 0.307. The molecule has 0 spiro atoms. The van der Waals surface area contributed by atoms with Crippen LogP contribution in [0.4, 0.5) is 4.39 Å². The van der Waals surface area contributed by atoms with Gasteiger partial charge in [-0.1, -0.05) is 18.6 Å². The van der Waals surface area contributed by atoms with Gasteiger partial charge in [0, 0.05) is 12.6 Å². The van der Waals surface area contributed by atoms with Crippen molar-refractivity contribution in [3.63, 3.8) is 0 Å². The average molecular weight is 392 g/mol. The van der Waals surface area contributed by atoms with Crippen LogP contribution in [-0.2, 0) is 10.0 Å². The lowest BCUT2D eigenvalue weighted by Crippen LogP contribution is -2.40. The van der Waals surface area contributed by atoms with Crippen molar-refractivity contribution in [3.05, 3.63) is 59.9 Å². The highest BCUT2D eigenvalue weighted by molar-refractivity contribution is 7.89. The summed E-state index contributed by atoms with van der Waals surface area (Å²) in [6, 6.07) is 12.5. The van der Waals surface area contributed by atoms with Gasteiger partial charge in [0.2, 0.25) is 10.0 Å². The van der Waals surface area contributed by atoms with E-state index in [4.69, 9.17) is 4.74 Å². The second-order valence-corrected chi connectivity index (χ2v) is 8.46. The fourth-order valence-corrected chi connectivity index (χ4v) is 4.44. The SMILES string of the molecule is COc1ccc(C(CNS(=O)(=O)c2ccc(F)cc2)N2CCCCC2)cc1. The Hall–Kier alpha value is -1.96. The van der Waals surface area contributed by atoms with Crippen LogP contribution in [0.5, 0.6) is 5.75 Å². The normalized spacial score (nSPS) is 16.8. The highest BCUT2D eigenvalue weighted by Crippen LogP contribution is 2.26. The molecule has 2 aromatic rings. The molecule has 2 aromatic carbocycles. The molecule has 1 aliphatic rings. The van der Waals surface area contributed by atoms with Crippen LogP contribution in [0.3, 0.4) is 0 Å². The quantitative estimate of drug-likeness (QED) is 0.785. The Balaban J connectivity index is 1.78. The van der Waals surface area contributed by atoms with Crippen LogP contribution in [0.25, 0.3) is 0 Å². The summed E-state index contributed by atoms with van der Waals surface area (Å²) in [6.45, 7) is 2.13. The predicted molar refractivity (Wildman–Crippen MR) is 103 cm³/mol. The second-order valence-electron chi connectivity index (χ2n) is 6.69. The Labute approximate surface area is 160 Å². The molecule has 0 amide bonds. The molecular weight excluding hydrogens is 367 g/mol. The van der Waals surface area contributed by atoms with Gasteiger partial charge < -0.3 is 4.74 Å². The van der Waals surface area contributed by atoms with E-state index in [-0.39, 0.29) is 17.5 Å². The molecule has 0 bridgehead atoms. The predicted octanol–water partition coefficient (Wildman–Crippen LogP) is 3.34. The molecule has 1 fully saturated rings. The minimum Gasteiger partial charge on any atom is -0.497 e. The number of rotatable bonds is 7. The summed E-state index contributed by atoms with van der Waals surface area (Å²) in [5.41, 5.74) is 1.04. The number of hydrogen-bond acceptors (Lipinski definition) is 4. The van der Waals surface area contributed by atoms with Crippen molar-refractivity contribution in [3.8, 4) is 5.75 Å². The van der Waals surface area contributed by atoms with Gasteiger partial charge in [-0.25, -0.2) is 17.5 Å². The molecule has 1 aliphatic heterocycles. The van der Waals surface area contributed by atoms with E-state index in [9.17, 15) is 12.8 Å². The zero-order chi connectivity index (χ0) is 19.3. The zero-order valence-corrected chi connectivity index (χ0v) is 16.2. The number of benzene rings is 2. The van der Waals surface area contributed by atoms with Crippen molar-refractivity contribution in [1.82, 2.24) is 9.62 Å². The lowest BCUT2D eigenvalue weighted by atomic mass is 10.0. The van der Waals surface area contributed by atoms with Gasteiger partial charge in [0.25, 0.3) is 0 Å². The first-order valence-corrected chi connectivity index (χ1v) is 10.6. The van der Waals surface area contributed by atoms with Crippen LogP contribution in [-0.4, -0.2) is 40.1 Å². The van der Waals surface area contributed by atoms with Gasteiger partial charge in [-0.05, 0) is 67.9 Å². The highest BCUT2D eigenvalue weighted by atomic mass is 32.2. The van der Waals surface area contributed by atoms with Crippen LogP contribution >= 0.6 is 0 Å². The molecule has 27 heavy (non-hydrogen) atoms. The van der Waals surface area contributed by atoms with Gasteiger partial charge in [-0.2, -0.15) is 0 Å². The van der Waals surface area contributed by atoms with Crippen molar-refractivity contribution in [2.75, 3.05) is 26.7 Å². The Bertz CT molecular complexity index is 833. The molecule has 1 N–H and O–H groups in total. The van der Waals surface area contributed by atoms with E-state index in [1.165, 1.54) is 18.6 Å². The molecule has 0 saturated carbocycles. The van der Waals surface area contributed by atoms with Crippen molar-refractivity contribution >= 4 is 10.0 Å². The molecule has 3 rings (SSSR count). The number of ether oxygens (including phenoxy) is 1. The third-order valence-electron chi connectivity index (χ3n) is 4.92. The van der Waals surface area contributed by atoms with E-state index in [2.05, 4.69) is 9.62 Å². The number of nitrogens with one attached hydrogen (secondary N) is 1. The molecule has 1 unspecified atom stereocenters. The van der Waals surface area contributed by atoms with E-state index >= 15 is 0 Å². The van der Waals surface area contributed by atoms with E-state index in [0.717, 1.165) is 49.4 Å². The first kappa shape index (κ1) is 19.8. The molecule has 0 aromatic heterocycles. The minimum absolute atomic E-state index is 0.0635. The summed E-state index contributed by atoms with van der Waals surface area (Å²) in [4.78, 5) is 2.38. The van der Waals surface area contributed by atoms with Gasteiger partial charge in [0.15, 0.2) is 0 Å². The van der Waals surface area contributed by atoms with E-state index in [1.807, 2.05) is 24.3 Å². The Morgan fingerprint density at radius 3 is 2.26 bits per heavy atom. The smallest absolute Gasteiger partial charge is 0.240 e. The molecule has 7 heteroatoms. The average Bonchev–Trinajstić information content (AvgIpc) is 2.70.